The molecule has 0 saturated heterocycles. The molecule has 0 spiro atoms. The Bertz CT molecular complexity index is 623. The van der Waals surface area contributed by atoms with E-state index in [0.717, 1.165) is 5.56 Å². The zero-order valence-electron chi connectivity index (χ0n) is 11.9. The second kappa shape index (κ2) is 6.12. The molecule has 0 radical (unpaired) electrons. The van der Waals surface area contributed by atoms with Gasteiger partial charge in [-0.1, -0.05) is 49.7 Å². The molecule has 1 nitrogen and oxygen atoms in total. The molecule has 1 N–H and O–H groups in total. The Morgan fingerprint density at radius 2 is 1.71 bits per heavy atom. The lowest BCUT2D eigenvalue weighted by molar-refractivity contribution is 0.0999. The van der Waals surface area contributed by atoms with Crippen LogP contribution in [0.4, 0.5) is 8.78 Å². The molecule has 2 aromatic carbocycles. The highest BCUT2D eigenvalue weighted by Crippen LogP contribution is 2.31. The van der Waals surface area contributed by atoms with Crippen LogP contribution in [0.1, 0.15) is 25.0 Å². The van der Waals surface area contributed by atoms with Gasteiger partial charge in [0.05, 0.1) is 11.1 Å². The van der Waals surface area contributed by atoms with E-state index in [1.165, 1.54) is 18.2 Å². The summed E-state index contributed by atoms with van der Waals surface area (Å²) >= 11 is 5.92. The van der Waals surface area contributed by atoms with Crippen molar-refractivity contribution in [2.75, 3.05) is 0 Å². The van der Waals surface area contributed by atoms with E-state index >= 15 is 0 Å². The molecule has 0 aliphatic heterocycles. The Balaban J connectivity index is 2.24. The highest BCUT2D eigenvalue weighted by molar-refractivity contribution is 6.31. The van der Waals surface area contributed by atoms with Crippen molar-refractivity contribution < 1.29 is 13.9 Å². The largest absolute Gasteiger partial charge is 0.392 e. The lowest BCUT2D eigenvalue weighted by atomic mass is 9.77. The molecule has 1 atom stereocenters. The average Bonchev–Trinajstić information content (AvgIpc) is 2.44. The first-order valence-electron chi connectivity index (χ1n) is 6.69. The van der Waals surface area contributed by atoms with Crippen molar-refractivity contribution in [3.8, 4) is 0 Å². The highest BCUT2D eigenvalue weighted by atomic mass is 35.5. The zero-order chi connectivity index (χ0) is 15.6. The summed E-state index contributed by atoms with van der Waals surface area (Å²) in [7, 11) is 0. The van der Waals surface area contributed by atoms with E-state index in [1.807, 2.05) is 13.8 Å². The molecule has 2 rings (SSSR count). The molecule has 1 unspecified atom stereocenters. The first kappa shape index (κ1) is 15.9. The Morgan fingerprint density at radius 3 is 2.33 bits per heavy atom. The minimum atomic E-state index is -0.776. The maximum atomic E-state index is 13.4. The monoisotopic (exact) mass is 310 g/mol. The summed E-state index contributed by atoms with van der Waals surface area (Å²) in [5.41, 5.74) is 0.756. The summed E-state index contributed by atoms with van der Waals surface area (Å²) in [6.07, 6.45) is -0.552. The second-order valence-corrected chi connectivity index (χ2v) is 6.04. The quantitative estimate of drug-likeness (QED) is 0.881. The molecule has 112 valence electrons. The van der Waals surface area contributed by atoms with Gasteiger partial charge in [0.2, 0.25) is 0 Å². The lowest BCUT2D eigenvalue weighted by Crippen LogP contribution is -2.35. The topological polar surface area (TPSA) is 20.2 Å². The average molecular weight is 311 g/mol. The third-order valence-corrected chi connectivity index (χ3v) is 4.29. The number of hydrogen-bond acceptors (Lipinski definition) is 1. The number of rotatable bonds is 4. The first-order chi connectivity index (χ1) is 9.82. The molecule has 0 amide bonds. The van der Waals surface area contributed by atoms with Crippen LogP contribution in [0.5, 0.6) is 0 Å². The summed E-state index contributed by atoms with van der Waals surface area (Å²) in [4.78, 5) is 0. The third-order valence-electron chi connectivity index (χ3n) is 3.87. The Kier molecular flexibility index (Phi) is 4.64. The van der Waals surface area contributed by atoms with Gasteiger partial charge in [-0.15, -0.1) is 0 Å². The van der Waals surface area contributed by atoms with Crippen LogP contribution in [0.3, 0.4) is 0 Å². The van der Waals surface area contributed by atoms with Crippen molar-refractivity contribution in [3.05, 3.63) is 70.2 Å². The molecule has 0 saturated carbocycles. The van der Waals surface area contributed by atoms with Crippen LogP contribution in [-0.2, 0) is 11.8 Å². The molecule has 0 heterocycles. The minimum Gasteiger partial charge on any atom is -0.392 e. The van der Waals surface area contributed by atoms with Gasteiger partial charge in [0.1, 0.15) is 11.6 Å². The van der Waals surface area contributed by atoms with Crippen LogP contribution in [0, 0.1) is 11.6 Å². The van der Waals surface area contributed by atoms with Crippen molar-refractivity contribution in [2.24, 2.45) is 0 Å². The smallest absolute Gasteiger partial charge is 0.142 e. The zero-order valence-corrected chi connectivity index (χ0v) is 12.7. The first-order valence-corrected chi connectivity index (χ1v) is 7.07. The van der Waals surface area contributed by atoms with Gasteiger partial charge < -0.3 is 5.11 Å². The van der Waals surface area contributed by atoms with Gasteiger partial charge in [-0.25, -0.2) is 8.78 Å². The number of halogens is 3. The van der Waals surface area contributed by atoms with Gasteiger partial charge in [-0.2, -0.15) is 0 Å². The predicted octanol–water partition coefficient (Wildman–Crippen LogP) is 4.50. The summed E-state index contributed by atoms with van der Waals surface area (Å²) in [6.45, 7) is 3.72. The standard InChI is InChI=1S/C17H17ClF2O/c1-17(2,12-6-8-13(19)9-7-12)15(21)10-11-4-3-5-14(20)16(11)18/h3-9,15,21H,10H2,1-2H3. The van der Waals surface area contributed by atoms with Gasteiger partial charge in [-0.05, 0) is 29.3 Å². The summed E-state index contributed by atoms with van der Waals surface area (Å²) in [5.74, 6) is -0.821. The van der Waals surface area contributed by atoms with Crippen molar-refractivity contribution >= 4 is 11.6 Å². The molecule has 21 heavy (non-hydrogen) atoms. The fraction of sp³-hybridized carbons (Fsp3) is 0.294. The van der Waals surface area contributed by atoms with Gasteiger partial charge in [0.25, 0.3) is 0 Å². The van der Waals surface area contributed by atoms with Crippen molar-refractivity contribution in [2.45, 2.75) is 31.8 Å². The van der Waals surface area contributed by atoms with E-state index < -0.39 is 17.3 Å². The Morgan fingerprint density at radius 1 is 1.10 bits per heavy atom. The molecular weight excluding hydrogens is 294 g/mol. The summed E-state index contributed by atoms with van der Waals surface area (Å²) < 4.78 is 26.4. The SMILES string of the molecule is CC(C)(c1ccc(F)cc1)C(O)Cc1cccc(F)c1Cl. The van der Waals surface area contributed by atoms with Crippen LogP contribution >= 0.6 is 11.6 Å². The summed E-state index contributed by atoms with van der Waals surface area (Å²) in [6, 6.07) is 10.5. The molecule has 0 bridgehead atoms. The van der Waals surface area contributed by atoms with E-state index in [9.17, 15) is 13.9 Å². The number of benzene rings is 2. The van der Waals surface area contributed by atoms with Crippen LogP contribution < -0.4 is 0 Å². The lowest BCUT2D eigenvalue weighted by Gasteiger charge is -2.31. The highest BCUT2D eigenvalue weighted by Gasteiger charge is 2.30. The van der Waals surface area contributed by atoms with Crippen LogP contribution in [0.2, 0.25) is 5.02 Å². The molecule has 0 aliphatic rings. The van der Waals surface area contributed by atoms with Crippen molar-refractivity contribution in [3.63, 3.8) is 0 Å². The van der Waals surface area contributed by atoms with Gasteiger partial charge in [0.15, 0.2) is 0 Å². The number of hydrogen-bond donors (Lipinski definition) is 1. The normalized spacial score (nSPS) is 13.2. The maximum Gasteiger partial charge on any atom is 0.142 e. The fourth-order valence-corrected chi connectivity index (χ4v) is 2.44. The number of aliphatic hydroxyl groups excluding tert-OH is 1. The minimum absolute atomic E-state index is 0.0338. The van der Waals surface area contributed by atoms with E-state index in [4.69, 9.17) is 11.6 Å². The van der Waals surface area contributed by atoms with E-state index in [-0.39, 0.29) is 17.3 Å². The Hall–Kier alpha value is -1.45. The molecular formula is C17H17ClF2O. The predicted molar refractivity (Wildman–Crippen MR) is 80.5 cm³/mol. The van der Waals surface area contributed by atoms with Crippen molar-refractivity contribution in [1.82, 2.24) is 0 Å². The van der Waals surface area contributed by atoms with Gasteiger partial charge in [-0.3, -0.25) is 0 Å². The van der Waals surface area contributed by atoms with Crippen LogP contribution in [-0.4, -0.2) is 11.2 Å². The summed E-state index contributed by atoms with van der Waals surface area (Å²) in [5, 5.41) is 10.5. The van der Waals surface area contributed by atoms with Crippen LogP contribution in [0.25, 0.3) is 0 Å². The van der Waals surface area contributed by atoms with Gasteiger partial charge in [0, 0.05) is 11.8 Å². The number of aliphatic hydroxyl groups is 1. The van der Waals surface area contributed by atoms with E-state index in [0.29, 0.717) is 5.56 Å². The molecule has 0 fully saturated rings. The third kappa shape index (κ3) is 3.42. The Labute approximate surface area is 128 Å². The van der Waals surface area contributed by atoms with Crippen LogP contribution in [0.15, 0.2) is 42.5 Å². The molecule has 4 heteroatoms. The fourth-order valence-electron chi connectivity index (χ4n) is 2.24. The molecule has 0 aromatic heterocycles. The van der Waals surface area contributed by atoms with E-state index in [2.05, 4.69) is 0 Å². The van der Waals surface area contributed by atoms with Gasteiger partial charge >= 0.3 is 0 Å². The molecule has 0 aliphatic carbocycles. The van der Waals surface area contributed by atoms with Crippen molar-refractivity contribution in [1.29, 1.82) is 0 Å². The second-order valence-electron chi connectivity index (χ2n) is 5.66. The molecule has 2 aromatic rings. The maximum absolute atomic E-state index is 13.4. The van der Waals surface area contributed by atoms with E-state index in [1.54, 1.807) is 24.3 Å².